The number of hydrogen-bond donors (Lipinski definition) is 1. The second-order valence-corrected chi connectivity index (χ2v) is 5.39. The number of amides is 1. The van der Waals surface area contributed by atoms with Gasteiger partial charge in [-0.3, -0.25) is 4.79 Å². The largest absolute Gasteiger partial charge is 0.302 e. The number of carbonyl (C=O) groups excluding carboxylic acids is 1. The number of benzene rings is 1. The van der Waals surface area contributed by atoms with Crippen molar-refractivity contribution in [3.8, 4) is 11.3 Å². The minimum Gasteiger partial charge on any atom is -0.302 e. The average Bonchev–Trinajstić information content (AvgIpc) is 2.71. The Bertz CT molecular complexity index is 558. The Hall–Kier alpha value is -1.68. The quantitative estimate of drug-likeness (QED) is 0.912. The molecule has 3 nitrogen and oxygen atoms in total. The van der Waals surface area contributed by atoms with E-state index in [2.05, 4.69) is 41.5 Å². The molecule has 0 saturated heterocycles. The summed E-state index contributed by atoms with van der Waals surface area (Å²) in [4.78, 5) is 16.9. The van der Waals surface area contributed by atoms with Crippen LogP contribution in [0.4, 0.5) is 5.13 Å². The maximum atomic E-state index is 11.3. The lowest BCUT2D eigenvalue weighted by Gasteiger charge is -1.99. The van der Waals surface area contributed by atoms with Crippen LogP contribution in [0.2, 0.25) is 0 Å². The van der Waals surface area contributed by atoms with Gasteiger partial charge in [0.2, 0.25) is 5.91 Å². The van der Waals surface area contributed by atoms with Crippen LogP contribution in [0.5, 0.6) is 0 Å². The number of nitrogens with zero attached hydrogens (tertiary/aromatic N) is 1. The Labute approximate surface area is 111 Å². The Balaban J connectivity index is 2.29. The lowest BCUT2D eigenvalue weighted by molar-refractivity contribution is -0.115. The molecule has 0 radical (unpaired) electrons. The van der Waals surface area contributed by atoms with Gasteiger partial charge in [0.1, 0.15) is 0 Å². The molecule has 2 aromatic rings. The van der Waals surface area contributed by atoms with Crippen molar-refractivity contribution in [2.24, 2.45) is 0 Å². The van der Waals surface area contributed by atoms with Crippen molar-refractivity contribution in [2.45, 2.75) is 27.2 Å². The Morgan fingerprint density at radius 3 is 2.56 bits per heavy atom. The van der Waals surface area contributed by atoms with E-state index < -0.39 is 0 Å². The predicted octanol–water partition coefficient (Wildman–Crippen LogP) is 3.78. The van der Waals surface area contributed by atoms with E-state index in [0.29, 0.717) is 11.6 Å². The monoisotopic (exact) mass is 260 g/mol. The Morgan fingerprint density at radius 1 is 1.28 bits per heavy atom. The van der Waals surface area contributed by atoms with Gasteiger partial charge in [-0.25, -0.2) is 4.98 Å². The van der Waals surface area contributed by atoms with Crippen molar-refractivity contribution >= 4 is 22.4 Å². The molecular weight excluding hydrogens is 244 g/mol. The molecule has 1 aromatic carbocycles. The first-order valence-electron chi connectivity index (χ1n) is 5.94. The first-order chi connectivity index (χ1) is 8.60. The number of carbonyl (C=O) groups is 1. The van der Waals surface area contributed by atoms with Gasteiger partial charge >= 0.3 is 0 Å². The van der Waals surface area contributed by atoms with Gasteiger partial charge < -0.3 is 5.32 Å². The molecule has 0 aliphatic rings. The van der Waals surface area contributed by atoms with Crippen LogP contribution in [0, 0.1) is 13.8 Å². The van der Waals surface area contributed by atoms with Crippen LogP contribution in [0.1, 0.15) is 23.8 Å². The lowest BCUT2D eigenvalue weighted by atomic mass is 10.1. The van der Waals surface area contributed by atoms with Crippen molar-refractivity contribution in [2.75, 3.05) is 5.32 Å². The third-order valence-corrected chi connectivity index (χ3v) is 3.58. The van der Waals surface area contributed by atoms with Gasteiger partial charge in [0, 0.05) is 16.9 Å². The maximum absolute atomic E-state index is 11.3. The highest BCUT2D eigenvalue weighted by Crippen LogP contribution is 2.30. The number of thiazole rings is 1. The van der Waals surface area contributed by atoms with Crippen LogP contribution >= 0.6 is 11.3 Å². The first kappa shape index (κ1) is 12.8. The third-order valence-electron chi connectivity index (χ3n) is 2.69. The van der Waals surface area contributed by atoms with E-state index in [0.717, 1.165) is 16.1 Å². The maximum Gasteiger partial charge on any atom is 0.225 e. The lowest BCUT2D eigenvalue weighted by Crippen LogP contribution is -2.08. The molecule has 0 fully saturated rings. The second kappa shape index (κ2) is 5.31. The summed E-state index contributed by atoms with van der Waals surface area (Å²) in [5, 5.41) is 3.48. The summed E-state index contributed by atoms with van der Waals surface area (Å²) in [7, 11) is 0. The van der Waals surface area contributed by atoms with Crippen LogP contribution < -0.4 is 5.32 Å². The molecule has 0 atom stereocenters. The zero-order valence-electron chi connectivity index (χ0n) is 10.8. The second-order valence-electron chi connectivity index (χ2n) is 4.19. The molecule has 0 spiro atoms. The van der Waals surface area contributed by atoms with Gasteiger partial charge in [0.25, 0.3) is 0 Å². The van der Waals surface area contributed by atoms with Gasteiger partial charge in [-0.15, -0.1) is 11.3 Å². The van der Waals surface area contributed by atoms with E-state index in [9.17, 15) is 4.79 Å². The van der Waals surface area contributed by atoms with Crippen molar-refractivity contribution in [3.63, 3.8) is 0 Å². The summed E-state index contributed by atoms with van der Waals surface area (Å²) >= 11 is 1.51. The molecule has 0 saturated carbocycles. The number of rotatable bonds is 3. The number of anilines is 1. The fraction of sp³-hybridized carbons (Fsp3) is 0.286. The number of aromatic nitrogens is 1. The van der Waals surface area contributed by atoms with Crippen LogP contribution in [0.25, 0.3) is 11.3 Å². The van der Waals surface area contributed by atoms with Gasteiger partial charge in [-0.2, -0.15) is 0 Å². The number of hydrogen-bond acceptors (Lipinski definition) is 3. The van der Waals surface area contributed by atoms with Crippen LogP contribution in [0.3, 0.4) is 0 Å². The highest BCUT2D eigenvalue weighted by molar-refractivity contribution is 7.16. The topological polar surface area (TPSA) is 42.0 Å². The van der Waals surface area contributed by atoms with Crippen molar-refractivity contribution in [1.82, 2.24) is 4.98 Å². The van der Waals surface area contributed by atoms with Crippen molar-refractivity contribution in [3.05, 3.63) is 34.7 Å². The molecule has 0 unspecified atom stereocenters. The Kier molecular flexibility index (Phi) is 3.77. The zero-order chi connectivity index (χ0) is 13.1. The molecule has 2 rings (SSSR count). The highest BCUT2D eigenvalue weighted by atomic mass is 32.1. The summed E-state index contributed by atoms with van der Waals surface area (Å²) in [6.07, 6.45) is 0.471. The third kappa shape index (κ3) is 2.76. The van der Waals surface area contributed by atoms with E-state index in [4.69, 9.17) is 0 Å². The normalized spacial score (nSPS) is 10.4. The van der Waals surface area contributed by atoms with E-state index >= 15 is 0 Å². The molecule has 1 heterocycles. The summed E-state index contributed by atoms with van der Waals surface area (Å²) in [5.41, 5.74) is 3.27. The molecule has 0 bridgehead atoms. The van der Waals surface area contributed by atoms with Crippen LogP contribution in [0.15, 0.2) is 24.3 Å². The standard InChI is InChI=1S/C14H16N2OS/c1-4-12(17)15-14-16-13(10(3)18-14)11-7-5-9(2)6-8-11/h5-8H,4H2,1-3H3,(H,15,16,17). The summed E-state index contributed by atoms with van der Waals surface area (Å²) in [6.45, 7) is 5.91. The molecule has 1 N–H and O–H groups in total. The molecule has 4 heteroatoms. The fourth-order valence-corrected chi connectivity index (χ4v) is 2.49. The average molecular weight is 260 g/mol. The first-order valence-corrected chi connectivity index (χ1v) is 6.76. The molecular formula is C14H16N2OS. The molecule has 94 valence electrons. The molecule has 0 aliphatic heterocycles. The van der Waals surface area contributed by atoms with Crippen molar-refractivity contribution in [1.29, 1.82) is 0 Å². The smallest absolute Gasteiger partial charge is 0.225 e. The van der Waals surface area contributed by atoms with E-state index in [1.807, 2.05) is 13.8 Å². The predicted molar refractivity (Wildman–Crippen MR) is 75.9 cm³/mol. The van der Waals surface area contributed by atoms with E-state index in [1.54, 1.807) is 0 Å². The zero-order valence-corrected chi connectivity index (χ0v) is 11.6. The van der Waals surface area contributed by atoms with Gasteiger partial charge in [-0.05, 0) is 13.8 Å². The minimum atomic E-state index is -0.000735. The van der Waals surface area contributed by atoms with Gasteiger partial charge in [0.15, 0.2) is 5.13 Å². The SMILES string of the molecule is CCC(=O)Nc1nc(-c2ccc(C)cc2)c(C)s1. The number of nitrogens with one attached hydrogen (secondary N) is 1. The van der Waals surface area contributed by atoms with Crippen LogP contribution in [-0.4, -0.2) is 10.9 Å². The minimum absolute atomic E-state index is 0.000735. The van der Waals surface area contributed by atoms with Gasteiger partial charge in [-0.1, -0.05) is 36.8 Å². The molecule has 1 amide bonds. The van der Waals surface area contributed by atoms with Crippen molar-refractivity contribution < 1.29 is 4.79 Å². The number of aryl methyl sites for hydroxylation is 2. The molecule has 1 aromatic heterocycles. The summed E-state index contributed by atoms with van der Waals surface area (Å²) in [6, 6.07) is 8.25. The summed E-state index contributed by atoms with van der Waals surface area (Å²) in [5.74, 6) is -0.000735. The van der Waals surface area contributed by atoms with Crippen LogP contribution in [-0.2, 0) is 4.79 Å². The Morgan fingerprint density at radius 2 is 1.94 bits per heavy atom. The highest BCUT2D eigenvalue weighted by Gasteiger charge is 2.10. The van der Waals surface area contributed by atoms with E-state index in [-0.39, 0.29) is 5.91 Å². The summed E-state index contributed by atoms with van der Waals surface area (Å²) < 4.78 is 0. The van der Waals surface area contributed by atoms with Gasteiger partial charge in [0.05, 0.1) is 5.69 Å². The molecule has 0 aliphatic carbocycles. The molecule has 18 heavy (non-hydrogen) atoms. The van der Waals surface area contributed by atoms with E-state index in [1.165, 1.54) is 16.9 Å². The fourth-order valence-electron chi connectivity index (χ4n) is 1.64.